The van der Waals surface area contributed by atoms with Gasteiger partial charge in [0.05, 0.1) is 24.3 Å². The molecule has 8 nitrogen and oxygen atoms in total. The number of carbonyl (C=O) groups excluding carboxylic acids is 1. The van der Waals surface area contributed by atoms with E-state index in [4.69, 9.17) is 9.57 Å². The molecule has 1 N–H and O–H groups in total. The Hall–Kier alpha value is -3.23. The molecule has 0 aliphatic carbocycles. The lowest BCUT2D eigenvalue weighted by atomic mass is 9.88. The quantitative estimate of drug-likeness (QED) is 0.617. The maximum absolute atomic E-state index is 13.2. The molecular formula is C21H21N3O5. The van der Waals surface area contributed by atoms with Crippen LogP contribution in [0, 0.1) is 10.1 Å². The summed E-state index contributed by atoms with van der Waals surface area (Å²) in [6, 6.07) is 11.9. The van der Waals surface area contributed by atoms with Crippen LogP contribution in [0.2, 0.25) is 0 Å². The van der Waals surface area contributed by atoms with Gasteiger partial charge in [0, 0.05) is 35.4 Å². The molecule has 150 valence electrons. The number of nitrogens with zero attached hydrogens (tertiary/aromatic N) is 2. The van der Waals surface area contributed by atoms with Gasteiger partial charge in [-0.1, -0.05) is 18.2 Å². The number of nitro groups is 1. The number of hydrogen-bond donors (Lipinski definition) is 1. The van der Waals surface area contributed by atoms with E-state index in [1.165, 1.54) is 19.2 Å². The van der Waals surface area contributed by atoms with Crippen molar-refractivity contribution in [1.29, 1.82) is 0 Å². The van der Waals surface area contributed by atoms with Gasteiger partial charge in [-0.05, 0) is 31.5 Å². The smallest absolute Gasteiger partial charge is 0.270 e. The lowest BCUT2D eigenvalue weighted by Crippen LogP contribution is -2.42. The average molecular weight is 395 g/mol. The fourth-order valence-electron chi connectivity index (χ4n) is 3.87. The Morgan fingerprint density at radius 2 is 2.00 bits per heavy atom. The highest BCUT2D eigenvalue weighted by atomic mass is 16.6. The molecule has 1 amide bonds. The minimum absolute atomic E-state index is 0.0623. The molecule has 2 aromatic carbocycles. The van der Waals surface area contributed by atoms with E-state index in [9.17, 15) is 14.9 Å². The van der Waals surface area contributed by atoms with Crippen LogP contribution >= 0.6 is 0 Å². The highest BCUT2D eigenvalue weighted by Crippen LogP contribution is 2.45. The van der Waals surface area contributed by atoms with Gasteiger partial charge in [0.1, 0.15) is 11.4 Å². The maximum atomic E-state index is 13.2. The molecule has 2 aromatic rings. The van der Waals surface area contributed by atoms with Crippen LogP contribution in [-0.4, -0.2) is 35.0 Å². The van der Waals surface area contributed by atoms with Gasteiger partial charge in [-0.25, -0.2) is 0 Å². The summed E-state index contributed by atoms with van der Waals surface area (Å²) in [6.45, 7) is 4.48. The second-order valence-electron chi connectivity index (χ2n) is 7.45. The summed E-state index contributed by atoms with van der Waals surface area (Å²) in [5.41, 5.74) is 5.47. The molecule has 29 heavy (non-hydrogen) atoms. The number of amides is 1. The Balaban J connectivity index is 1.93. The number of carbonyl (C=O) groups is 1. The van der Waals surface area contributed by atoms with Crippen molar-refractivity contribution >= 4 is 17.3 Å². The molecule has 0 aromatic heterocycles. The fraction of sp³-hybridized carbons (Fsp3) is 0.286. The highest BCUT2D eigenvalue weighted by molar-refractivity contribution is 6.04. The van der Waals surface area contributed by atoms with Gasteiger partial charge in [-0.2, -0.15) is 5.48 Å². The molecule has 0 saturated carbocycles. The zero-order chi connectivity index (χ0) is 20.8. The predicted octanol–water partition coefficient (Wildman–Crippen LogP) is 3.28. The molecule has 0 radical (unpaired) electrons. The standard InChI is InChI=1S/C21H21N3O5/c1-21(2)17(11-22-28-3)19(16-10-14(24(26)27)8-9-18(16)29-21)23-12-13-6-4-5-7-15(13)20(23)25/h4-10,22H,11-12H2,1-3H3. The molecule has 2 heterocycles. The minimum Gasteiger partial charge on any atom is -0.483 e. The van der Waals surface area contributed by atoms with Gasteiger partial charge < -0.3 is 14.5 Å². The third kappa shape index (κ3) is 3.16. The van der Waals surface area contributed by atoms with Gasteiger partial charge in [0.15, 0.2) is 0 Å². The average Bonchev–Trinajstić information content (AvgIpc) is 3.01. The normalized spacial score (nSPS) is 17.1. The van der Waals surface area contributed by atoms with Crippen LogP contribution < -0.4 is 10.2 Å². The van der Waals surface area contributed by atoms with Gasteiger partial charge >= 0.3 is 0 Å². The summed E-state index contributed by atoms with van der Waals surface area (Å²) >= 11 is 0. The van der Waals surface area contributed by atoms with Crippen molar-refractivity contribution in [2.45, 2.75) is 26.0 Å². The Morgan fingerprint density at radius 1 is 1.24 bits per heavy atom. The van der Waals surface area contributed by atoms with E-state index >= 15 is 0 Å². The first-order valence-electron chi connectivity index (χ1n) is 9.20. The maximum Gasteiger partial charge on any atom is 0.270 e. The first-order chi connectivity index (χ1) is 13.8. The number of nitro benzene ring substituents is 1. The zero-order valence-electron chi connectivity index (χ0n) is 16.4. The van der Waals surface area contributed by atoms with E-state index in [2.05, 4.69) is 5.48 Å². The van der Waals surface area contributed by atoms with Crippen molar-refractivity contribution in [3.05, 3.63) is 74.8 Å². The van der Waals surface area contributed by atoms with Crippen LogP contribution in [-0.2, 0) is 11.4 Å². The number of benzene rings is 2. The van der Waals surface area contributed by atoms with Crippen LogP contribution in [0.1, 0.15) is 35.3 Å². The monoisotopic (exact) mass is 395 g/mol. The number of non-ortho nitro benzene ring substituents is 1. The summed E-state index contributed by atoms with van der Waals surface area (Å²) in [7, 11) is 1.51. The van der Waals surface area contributed by atoms with Crippen molar-refractivity contribution < 1.29 is 19.3 Å². The van der Waals surface area contributed by atoms with Crippen LogP contribution in [0.15, 0.2) is 48.0 Å². The van der Waals surface area contributed by atoms with Crippen molar-refractivity contribution in [3.8, 4) is 5.75 Å². The number of rotatable bonds is 5. The predicted molar refractivity (Wildman–Crippen MR) is 106 cm³/mol. The number of ether oxygens (including phenoxy) is 1. The highest BCUT2D eigenvalue weighted by Gasteiger charge is 2.41. The lowest BCUT2D eigenvalue weighted by molar-refractivity contribution is -0.384. The molecule has 0 saturated heterocycles. The molecule has 2 aliphatic heterocycles. The number of nitrogens with one attached hydrogen (secondary N) is 1. The Kier molecular flexibility index (Phi) is 4.60. The molecule has 8 heteroatoms. The Labute approximate surface area is 167 Å². The van der Waals surface area contributed by atoms with E-state index in [0.717, 1.165) is 11.1 Å². The first kappa shape index (κ1) is 19.1. The van der Waals surface area contributed by atoms with Crippen molar-refractivity contribution in [3.63, 3.8) is 0 Å². The van der Waals surface area contributed by atoms with Gasteiger partial charge in [-0.3, -0.25) is 14.9 Å². The third-order valence-corrected chi connectivity index (χ3v) is 5.29. The molecule has 0 atom stereocenters. The Morgan fingerprint density at radius 3 is 2.69 bits per heavy atom. The van der Waals surface area contributed by atoms with Crippen molar-refractivity contribution in [2.24, 2.45) is 0 Å². The topological polar surface area (TPSA) is 93.9 Å². The molecule has 0 unspecified atom stereocenters. The lowest BCUT2D eigenvalue weighted by Gasteiger charge is -2.39. The van der Waals surface area contributed by atoms with Gasteiger partial charge in [-0.15, -0.1) is 0 Å². The molecule has 0 spiro atoms. The van der Waals surface area contributed by atoms with Gasteiger partial charge in [0.2, 0.25) is 0 Å². The summed E-state index contributed by atoms with van der Waals surface area (Å²) in [5.74, 6) is 0.362. The van der Waals surface area contributed by atoms with Crippen LogP contribution in [0.4, 0.5) is 5.69 Å². The van der Waals surface area contributed by atoms with Crippen LogP contribution in [0.3, 0.4) is 0 Å². The molecule has 0 bridgehead atoms. The molecule has 4 rings (SSSR count). The van der Waals surface area contributed by atoms with Crippen molar-refractivity contribution in [1.82, 2.24) is 10.4 Å². The summed E-state index contributed by atoms with van der Waals surface area (Å²) in [4.78, 5) is 30.8. The number of hydrogen-bond acceptors (Lipinski definition) is 6. The third-order valence-electron chi connectivity index (χ3n) is 5.29. The Bertz CT molecular complexity index is 1040. The molecule has 2 aliphatic rings. The van der Waals surface area contributed by atoms with E-state index < -0.39 is 10.5 Å². The molecule has 0 fully saturated rings. The van der Waals surface area contributed by atoms with E-state index in [1.807, 2.05) is 32.0 Å². The largest absolute Gasteiger partial charge is 0.483 e. The second kappa shape index (κ2) is 6.98. The van der Waals surface area contributed by atoms with E-state index in [0.29, 0.717) is 35.7 Å². The number of fused-ring (bicyclic) bond motifs is 2. The number of hydroxylamine groups is 1. The summed E-state index contributed by atoms with van der Waals surface area (Å²) < 4.78 is 6.15. The second-order valence-corrected chi connectivity index (χ2v) is 7.45. The van der Waals surface area contributed by atoms with E-state index in [1.54, 1.807) is 17.0 Å². The van der Waals surface area contributed by atoms with Crippen LogP contribution in [0.5, 0.6) is 5.75 Å². The zero-order valence-corrected chi connectivity index (χ0v) is 16.4. The summed E-state index contributed by atoms with van der Waals surface area (Å²) in [5, 5.41) is 11.4. The summed E-state index contributed by atoms with van der Waals surface area (Å²) in [6.07, 6.45) is 0. The first-order valence-corrected chi connectivity index (χ1v) is 9.20. The van der Waals surface area contributed by atoms with E-state index in [-0.39, 0.29) is 11.6 Å². The minimum atomic E-state index is -0.751. The van der Waals surface area contributed by atoms with Gasteiger partial charge in [0.25, 0.3) is 11.6 Å². The van der Waals surface area contributed by atoms with Crippen LogP contribution in [0.25, 0.3) is 5.70 Å². The van der Waals surface area contributed by atoms with Crippen molar-refractivity contribution in [2.75, 3.05) is 13.7 Å². The SMILES string of the molecule is CONCC1=C(N2Cc3ccccc3C2=O)c2cc([N+](=O)[O-])ccc2OC1(C)C. The fourth-order valence-corrected chi connectivity index (χ4v) is 3.87. The molecular weight excluding hydrogens is 374 g/mol.